The molecule has 0 bridgehead atoms. The molecule has 94 valence electrons. The predicted molar refractivity (Wildman–Crippen MR) is 63.1 cm³/mol. The molecule has 1 aromatic carbocycles. The summed E-state index contributed by atoms with van der Waals surface area (Å²) >= 11 is 0. The van der Waals surface area contributed by atoms with Crippen molar-refractivity contribution in [3.8, 4) is 5.75 Å². The quantitative estimate of drug-likeness (QED) is 0.810. The van der Waals surface area contributed by atoms with E-state index in [4.69, 9.17) is 0 Å². The Hall–Kier alpha value is -1.62. The Balaban J connectivity index is 2.73. The van der Waals surface area contributed by atoms with Crippen LogP contribution in [0.2, 0.25) is 0 Å². The van der Waals surface area contributed by atoms with Crippen molar-refractivity contribution in [2.45, 2.75) is 13.5 Å². The van der Waals surface area contributed by atoms with Crippen LogP contribution in [-0.4, -0.2) is 36.1 Å². The number of nitrogens with one attached hydrogen (secondary N) is 1. The zero-order valence-corrected chi connectivity index (χ0v) is 10.0. The van der Waals surface area contributed by atoms with Gasteiger partial charge in [0.1, 0.15) is 0 Å². The van der Waals surface area contributed by atoms with Gasteiger partial charge in [0.05, 0.1) is 6.54 Å². The van der Waals surface area contributed by atoms with Crippen LogP contribution in [0.5, 0.6) is 5.75 Å². The molecule has 0 radical (unpaired) electrons. The van der Waals surface area contributed by atoms with E-state index < -0.39 is 5.82 Å². The number of aromatic hydroxyl groups is 1. The number of nitrogens with zero attached hydrogens (tertiary/aromatic N) is 1. The molecule has 0 aliphatic carbocycles. The third-order valence-electron chi connectivity index (χ3n) is 2.56. The summed E-state index contributed by atoms with van der Waals surface area (Å²) in [6, 6.07) is 4.39. The number of carbonyl (C=O) groups excluding carboxylic acids is 1. The van der Waals surface area contributed by atoms with Gasteiger partial charge in [-0.2, -0.15) is 0 Å². The Bertz CT molecular complexity index is 396. The van der Waals surface area contributed by atoms with E-state index in [1.807, 2.05) is 11.8 Å². The van der Waals surface area contributed by atoms with Crippen LogP contribution >= 0.6 is 0 Å². The van der Waals surface area contributed by atoms with Crippen molar-refractivity contribution >= 4 is 5.91 Å². The fraction of sp³-hybridized carbons (Fsp3) is 0.417. The molecule has 0 unspecified atom stereocenters. The van der Waals surface area contributed by atoms with E-state index in [-0.39, 0.29) is 18.2 Å². The minimum atomic E-state index is -0.640. The van der Waals surface area contributed by atoms with Crippen LogP contribution < -0.4 is 5.32 Å². The van der Waals surface area contributed by atoms with Crippen molar-refractivity contribution in [2.24, 2.45) is 0 Å². The van der Waals surface area contributed by atoms with Crippen molar-refractivity contribution in [2.75, 3.05) is 20.1 Å². The number of likely N-dealkylation sites (N-methyl/N-ethyl adjacent to an activating group) is 2. The number of phenolic OH excluding ortho intramolecular Hbond substituents is 1. The van der Waals surface area contributed by atoms with Gasteiger partial charge in [-0.1, -0.05) is 19.1 Å². The highest BCUT2D eigenvalue weighted by Crippen LogP contribution is 2.21. The van der Waals surface area contributed by atoms with E-state index in [1.165, 1.54) is 12.1 Å². The molecule has 0 heterocycles. The van der Waals surface area contributed by atoms with E-state index in [0.717, 1.165) is 0 Å². The Labute approximate surface area is 100 Å². The van der Waals surface area contributed by atoms with Crippen LogP contribution in [0.15, 0.2) is 18.2 Å². The molecule has 1 aromatic rings. The summed E-state index contributed by atoms with van der Waals surface area (Å²) in [6.07, 6.45) is 0. The number of carbonyl (C=O) groups is 1. The van der Waals surface area contributed by atoms with E-state index in [2.05, 4.69) is 5.32 Å². The molecule has 0 atom stereocenters. The fourth-order valence-electron chi connectivity index (χ4n) is 1.49. The van der Waals surface area contributed by atoms with Crippen LogP contribution in [0, 0.1) is 5.82 Å². The third kappa shape index (κ3) is 3.71. The zero-order chi connectivity index (χ0) is 12.8. The third-order valence-corrected chi connectivity index (χ3v) is 2.56. The number of para-hydroxylation sites is 1. The number of hydrogen-bond acceptors (Lipinski definition) is 3. The maximum atomic E-state index is 13.1. The molecule has 0 saturated carbocycles. The lowest BCUT2D eigenvalue weighted by Gasteiger charge is -2.19. The number of rotatable bonds is 5. The molecule has 5 heteroatoms. The van der Waals surface area contributed by atoms with Gasteiger partial charge in [-0.15, -0.1) is 0 Å². The topological polar surface area (TPSA) is 52.6 Å². The van der Waals surface area contributed by atoms with Gasteiger partial charge in [0.2, 0.25) is 5.91 Å². The van der Waals surface area contributed by atoms with Crippen molar-refractivity contribution in [1.29, 1.82) is 0 Å². The van der Waals surface area contributed by atoms with Crippen molar-refractivity contribution in [1.82, 2.24) is 10.2 Å². The minimum Gasteiger partial charge on any atom is -0.505 e. The summed E-state index contributed by atoms with van der Waals surface area (Å²) in [4.78, 5) is 13.0. The van der Waals surface area contributed by atoms with Crippen LogP contribution in [-0.2, 0) is 11.3 Å². The van der Waals surface area contributed by atoms with E-state index in [0.29, 0.717) is 18.7 Å². The average molecular weight is 240 g/mol. The lowest BCUT2D eigenvalue weighted by molar-refractivity contribution is -0.121. The smallest absolute Gasteiger partial charge is 0.233 e. The maximum absolute atomic E-state index is 13.1. The molecule has 0 aliphatic rings. The number of halogens is 1. The van der Waals surface area contributed by atoms with Crippen molar-refractivity contribution < 1.29 is 14.3 Å². The minimum absolute atomic E-state index is 0.109. The van der Waals surface area contributed by atoms with Gasteiger partial charge in [-0.25, -0.2) is 4.39 Å². The van der Waals surface area contributed by atoms with E-state index >= 15 is 0 Å². The first-order valence-electron chi connectivity index (χ1n) is 5.47. The second kappa shape index (κ2) is 6.20. The number of benzene rings is 1. The monoisotopic (exact) mass is 240 g/mol. The van der Waals surface area contributed by atoms with Gasteiger partial charge in [0.25, 0.3) is 0 Å². The molecule has 0 aliphatic heterocycles. The Morgan fingerprint density at radius 2 is 2.24 bits per heavy atom. The van der Waals surface area contributed by atoms with Gasteiger partial charge in [-0.05, 0) is 12.6 Å². The molecule has 0 aromatic heterocycles. The summed E-state index contributed by atoms with van der Waals surface area (Å²) in [5, 5.41) is 12.1. The first-order valence-corrected chi connectivity index (χ1v) is 5.47. The van der Waals surface area contributed by atoms with Gasteiger partial charge in [0, 0.05) is 19.2 Å². The fourth-order valence-corrected chi connectivity index (χ4v) is 1.49. The molecular formula is C12H17FN2O2. The van der Waals surface area contributed by atoms with Gasteiger partial charge in [-0.3, -0.25) is 9.69 Å². The van der Waals surface area contributed by atoms with Crippen molar-refractivity contribution in [3.63, 3.8) is 0 Å². The lowest BCUT2D eigenvalue weighted by Crippen LogP contribution is -2.35. The zero-order valence-electron chi connectivity index (χ0n) is 10.0. The normalized spacial score (nSPS) is 10.6. The summed E-state index contributed by atoms with van der Waals surface area (Å²) < 4.78 is 13.1. The second-order valence-electron chi connectivity index (χ2n) is 3.72. The molecule has 1 rings (SSSR count). The molecule has 17 heavy (non-hydrogen) atoms. The molecular weight excluding hydrogens is 223 g/mol. The van der Waals surface area contributed by atoms with Gasteiger partial charge < -0.3 is 10.4 Å². The average Bonchev–Trinajstić information content (AvgIpc) is 2.33. The van der Waals surface area contributed by atoms with Crippen LogP contribution in [0.25, 0.3) is 0 Å². The molecule has 0 saturated heterocycles. The van der Waals surface area contributed by atoms with Crippen LogP contribution in [0.1, 0.15) is 12.5 Å². The summed E-state index contributed by atoms with van der Waals surface area (Å²) in [6.45, 7) is 3.11. The largest absolute Gasteiger partial charge is 0.505 e. The Kier molecular flexibility index (Phi) is 4.90. The summed E-state index contributed by atoms with van der Waals surface area (Å²) in [7, 11) is 1.57. The molecule has 2 N–H and O–H groups in total. The lowest BCUT2D eigenvalue weighted by atomic mass is 10.2. The molecule has 1 amide bonds. The van der Waals surface area contributed by atoms with Crippen molar-refractivity contribution in [3.05, 3.63) is 29.6 Å². The highest BCUT2D eigenvalue weighted by Gasteiger charge is 2.12. The van der Waals surface area contributed by atoms with Gasteiger partial charge in [0.15, 0.2) is 11.6 Å². The summed E-state index contributed by atoms with van der Waals surface area (Å²) in [5.74, 6) is -1.09. The molecule has 0 fully saturated rings. The highest BCUT2D eigenvalue weighted by molar-refractivity contribution is 5.77. The SMILES string of the molecule is CCN(CC(=O)NC)Cc1cccc(F)c1O. The maximum Gasteiger partial charge on any atom is 0.233 e. The summed E-state index contributed by atoms with van der Waals surface area (Å²) in [5.41, 5.74) is 0.482. The molecule has 0 spiro atoms. The van der Waals surface area contributed by atoms with Crippen LogP contribution in [0.4, 0.5) is 4.39 Å². The first kappa shape index (κ1) is 13.4. The van der Waals surface area contributed by atoms with Gasteiger partial charge >= 0.3 is 0 Å². The highest BCUT2D eigenvalue weighted by atomic mass is 19.1. The van der Waals surface area contributed by atoms with E-state index in [9.17, 15) is 14.3 Å². The number of phenols is 1. The number of hydrogen-bond donors (Lipinski definition) is 2. The Morgan fingerprint density at radius 1 is 1.53 bits per heavy atom. The first-order chi connectivity index (χ1) is 8.08. The second-order valence-corrected chi connectivity index (χ2v) is 3.72. The van der Waals surface area contributed by atoms with E-state index in [1.54, 1.807) is 13.1 Å². The Morgan fingerprint density at radius 3 is 2.82 bits per heavy atom. The number of amides is 1. The van der Waals surface area contributed by atoms with Crippen LogP contribution in [0.3, 0.4) is 0 Å². The molecule has 4 nitrogen and oxygen atoms in total. The predicted octanol–water partition coefficient (Wildman–Crippen LogP) is 1.10. The standard InChI is InChI=1S/C12H17FN2O2/c1-3-15(8-11(16)14-2)7-9-5-4-6-10(13)12(9)17/h4-6,17H,3,7-8H2,1-2H3,(H,14,16).